The van der Waals surface area contributed by atoms with Gasteiger partial charge in [0.05, 0.1) is 19.1 Å². The minimum absolute atomic E-state index is 0.0862. The van der Waals surface area contributed by atoms with Crippen LogP contribution in [0.25, 0.3) is 0 Å². The molecule has 0 radical (unpaired) electrons. The number of nitrogens with one attached hydrogen (secondary N) is 1. The van der Waals surface area contributed by atoms with Crippen LogP contribution in [-0.2, 0) is 26.2 Å². The molecule has 11 heteroatoms. The summed E-state index contributed by atoms with van der Waals surface area (Å²) in [6.07, 6.45) is 1.00. The molecule has 0 aliphatic heterocycles. The van der Waals surface area contributed by atoms with E-state index in [1.165, 1.54) is 12.0 Å². The monoisotopic (exact) mass is 543 g/mol. The number of anilines is 1. The number of carbonyl (C=O) groups excluding carboxylic acids is 2. The number of methoxy groups -OCH3 is 1. The van der Waals surface area contributed by atoms with Gasteiger partial charge in [-0.3, -0.25) is 13.9 Å². The molecule has 2 rings (SSSR count). The first-order valence-corrected chi connectivity index (χ1v) is 13.6. The van der Waals surface area contributed by atoms with Gasteiger partial charge in [0.1, 0.15) is 18.3 Å². The highest BCUT2D eigenvalue weighted by molar-refractivity contribution is 7.92. The fraction of sp³-hybridized carbons (Fsp3) is 0.417. The minimum Gasteiger partial charge on any atom is -0.495 e. The van der Waals surface area contributed by atoms with Crippen molar-refractivity contribution >= 4 is 50.7 Å². The fourth-order valence-corrected chi connectivity index (χ4v) is 4.69. The van der Waals surface area contributed by atoms with Crippen molar-refractivity contribution in [2.45, 2.75) is 33.4 Å². The summed E-state index contributed by atoms with van der Waals surface area (Å²) in [4.78, 5) is 27.8. The molecule has 2 aromatic rings. The van der Waals surface area contributed by atoms with Gasteiger partial charge in [0.25, 0.3) is 0 Å². The molecule has 8 nitrogen and oxygen atoms in total. The highest BCUT2D eigenvalue weighted by Gasteiger charge is 2.31. The lowest BCUT2D eigenvalue weighted by Gasteiger charge is -2.32. The molecule has 0 unspecified atom stereocenters. The van der Waals surface area contributed by atoms with Crippen LogP contribution < -0.4 is 14.4 Å². The van der Waals surface area contributed by atoms with Crippen LogP contribution in [-0.4, -0.2) is 57.6 Å². The van der Waals surface area contributed by atoms with Gasteiger partial charge in [0, 0.05) is 28.7 Å². The molecule has 35 heavy (non-hydrogen) atoms. The van der Waals surface area contributed by atoms with Crippen molar-refractivity contribution in [3.63, 3.8) is 0 Å². The van der Waals surface area contributed by atoms with E-state index in [4.69, 9.17) is 27.9 Å². The van der Waals surface area contributed by atoms with Gasteiger partial charge in [0.15, 0.2) is 0 Å². The van der Waals surface area contributed by atoms with Crippen molar-refractivity contribution < 1.29 is 22.7 Å². The van der Waals surface area contributed by atoms with Gasteiger partial charge < -0.3 is 15.0 Å². The van der Waals surface area contributed by atoms with Crippen molar-refractivity contribution in [2.24, 2.45) is 5.92 Å². The summed E-state index contributed by atoms with van der Waals surface area (Å²) in [6, 6.07) is 10.5. The van der Waals surface area contributed by atoms with Crippen LogP contribution in [0.2, 0.25) is 10.0 Å². The summed E-state index contributed by atoms with van der Waals surface area (Å²) in [6.45, 7) is 5.27. The third-order valence-electron chi connectivity index (χ3n) is 5.28. The van der Waals surface area contributed by atoms with E-state index in [1.807, 2.05) is 13.8 Å². The maximum Gasteiger partial charge on any atom is 0.244 e. The molecule has 0 aliphatic carbocycles. The summed E-state index contributed by atoms with van der Waals surface area (Å²) in [7, 11) is -2.47. The number of amides is 2. The molecule has 0 spiro atoms. The number of hydrogen-bond donors (Lipinski definition) is 1. The first-order valence-electron chi connectivity index (χ1n) is 11.0. The average Bonchev–Trinajstić information content (AvgIpc) is 2.79. The maximum absolute atomic E-state index is 13.6. The number of rotatable bonds is 11. The Bertz CT molecular complexity index is 1140. The molecule has 192 valence electrons. The van der Waals surface area contributed by atoms with Crippen LogP contribution in [0.5, 0.6) is 5.75 Å². The van der Waals surface area contributed by atoms with Crippen molar-refractivity contribution in [3.8, 4) is 5.75 Å². The number of benzene rings is 2. The zero-order valence-electron chi connectivity index (χ0n) is 20.4. The SMILES string of the molecule is COc1ccccc1N(CC(=O)N(Cc1c(Cl)cccc1Cl)[C@@H](C)C(=O)NCC(C)C)S(C)(=O)=O. The Kier molecular flexibility index (Phi) is 10.2. The number of para-hydroxylation sites is 2. The van der Waals surface area contributed by atoms with E-state index < -0.39 is 28.5 Å². The first kappa shape index (κ1) is 28.7. The number of nitrogens with zero attached hydrogens (tertiary/aromatic N) is 2. The van der Waals surface area contributed by atoms with Crippen LogP contribution in [0, 0.1) is 5.92 Å². The van der Waals surface area contributed by atoms with E-state index in [9.17, 15) is 18.0 Å². The number of carbonyl (C=O) groups is 2. The van der Waals surface area contributed by atoms with E-state index in [1.54, 1.807) is 49.4 Å². The molecule has 2 amide bonds. The predicted octanol–water partition coefficient (Wildman–Crippen LogP) is 3.96. The smallest absolute Gasteiger partial charge is 0.244 e. The van der Waals surface area contributed by atoms with Gasteiger partial charge in [-0.05, 0) is 37.1 Å². The molecule has 0 heterocycles. The molecule has 0 aliphatic rings. The van der Waals surface area contributed by atoms with E-state index in [0.29, 0.717) is 22.2 Å². The largest absolute Gasteiger partial charge is 0.495 e. The maximum atomic E-state index is 13.6. The van der Waals surface area contributed by atoms with E-state index in [-0.39, 0.29) is 29.8 Å². The van der Waals surface area contributed by atoms with Crippen LogP contribution >= 0.6 is 23.2 Å². The van der Waals surface area contributed by atoms with Crippen LogP contribution in [0.1, 0.15) is 26.3 Å². The lowest BCUT2D eigenvalue weighted by molar-refractivity contribution is -0.139. The second kappa shape index (κ2) is 12.5. The molecule has 1 atom stereocenters. The minimum atomic E-state index is -3.88. The molecule has 0 saturated carbocycles. The van der Waals surface area contributed by atoms with Crippen molar-refractivity contribution in [3.05, 3.63) is 58.1 Å². The average molecular weight is 545 g/mol. The topological polar surface area (TPSA) is 96.0 Å². The standard InChI is InChI=1S/C24H31Cl2N3O5S/c1-16(2)13-27-24(31)17(3)28(14-18-19(25)9-8-10-20(18)26)23(30)15-29(35(5,32)33)21-11-6-7-12-22(21)34-4/h6-12,16-17H,13-15H2,1-5H3,(H,27,31)/t17-/m0/s1. The van der Waals surface area contributed by atoms with Crippen molar-refractivity contribution in [1.29, 1.82) is 0 Å². The fourth-order valence-electron chi connectivity index (χ4n) is 3.32. The summed E-state index contributed by atoms with van der Waals surface area (Å²) in [5.41, 5.74) is 0.661. The zero-order chi connectivity index (χ0) is 26.3. The van der Waals surface area contributed by atoms with Crippen molar-refractivity contribution in [1.82, 2.24) is 10.2 Å². The summed E-state index contributed by atoms with van der Waals surface area (Å²) < 4.78 is 31.6. The lowest BCUT2D eigenvalue weighted by Crippen LogP contribution is -2.51. The van der Waals surface area contributed by atoms with Crippen LogP contribution in [0.15, 0.2) is 42.5 Å². The van der Waals surface area contributed by atoms with E-state index in [2.05, 4.69) is 5.32 Å². The highest BCUT2D eigenvalue weighted by Crippen LogP contribution is 2.30. The van der Waals surface area contributed by atoms with Crippen LogP contribution in [0.4, 0.5) is 5.69 Å². The predicted molar refractivity (Wildman–Crippen MR) is 140 cm³/mol. The number of hydrogen-bond acceptors (Lipinski definition) is 5. The van der Waals surface area contributed by atoms with Gasteiger partial charge >= 0.3 is 0 Å². The van der Waals surface area contributed by atoms with E-state index >= 15 is 0 Å². The summed E-state index contributed by atoms with van der Waals surface area (Å²) in [5.74, 6) is -0.489. The Morgan fingerprint density at radius 2 is 1.63 bits per heavy atom. The zero-order valence-corrected chi connectivity index (χ0v) is 22.7. The Morgan fingerprint density at radius 1 is 1.03 bits per heavy atom. The number of ether oxygens (including phenoxy) is 1. The Balaban J connectivity index is 2.46. The van der Waals surface area contributed by atoms with Crippen molar-refractivity contribution in [2.75, 3.05) is 30.8 Å². The third kappa shape index (κ3) is 7.75. The highest BCUT2D eigenvalue weighted by atomic mass is 35.5. The Hall–Kier alpha value is -2.49. The molecule has 0 fully saturated rings. The van der Waals surface area contributed by atoms with Gasteiger partial charge in [-0.25, -0.2) is 8.42 Å². The normalized spacial score (nSPS) is 12.2. The molecule has 1 N–H and O–H groups in total. The first-order chi connectivity index (χ1) is 16.4. The molecule has 0 bridgehead atoms. The van der Waals surface area contributed by atoms with Gasteiger partial charge in [0.2, 0.25) is 21.8 Å². The molecule has 2 aromatic carbocycles. The summed E-state index contributed by atoms with van der Waals surface area (Å²) >= 11 is 12.7. The molecular weight excluding hydrogens is 513 g/mol. The van der Waals surface area contributed by atoms with Gasteiger partial charge in [-0.15, -0.1) is 0 Å². The molecular formula is C24H31Cl2N3O5S. The second-order valence-corrected chi connectivity index (χ2v) is 11.2. The lowest BCUT2D eigenvalue weighted by atomic mass is 10.1. The number of halogens is 2. The Labute approximate surface area is 217 Å². The second-order valence-electron chi connectivity index (χ2n) is 8.48. The number of sulfonamides is 1. The molecule has 0 saturated heterocycles. The third-order valence-corrected chi connectivity index (χ3v) is 7.11. The van der Waals surface area contributed by atoms with Gasteiger partial charge in [-0.1, -0.05) is 55.2 Å². The van der Waals surface area contributed by atoms with Crippen LogP contribution in [0.3, 0.4) is 0 Å². The Morgan fingerprint density at radius 3 is 2.17 bits per heavy atom. The summed E-state index contributed by atoms with van der Waals surface area (Å²) in [5, 5.41) is 3.47. The quantitative estimate of drug-likeness (QED) is 0.462. The van der Waals surface area contributed by atoms with E-state index in [0.717, 1.165) is 10.6 Å². The van der Waals surface area contributed by atoms with Gasteiger partial charge in [-0.2, -0.15) is 0 Å². The molecule has 0 aromatic heterocycles.